The van der Waals surface area contributed by atoms with Gasteiger partial charge in [0.2, 0.25) is 0 Å². The number of carbonyl (C=O) groups excluding carboxylic acids is 1. The maximum Gasteiger partial charge on any atom is 0.274 e. The number of aromatic nitrogens is 4. The second-order valence-electron chi connectivity index (χ2n) is 4.44. The first-order valence-corrected chi connectivity index (χ1v) is 7.05. The lowest BCUT2D eigenvalue weighted by Crippen LogP contribution is -2.13. The molecular formula is C14H12BrN5O. The van der Waals surface area contributed by atoms with Gasteiger partial charge in [0.05, 0.1) is 10.7 Å². The van der Waals surface area contributed by atoms with Gasteiger partial charge in [0.25, 0.3) is 5.91 Å². The fourth-order valence-electron chi connectivity index (χ4n) is 1.98. The Bertz CT molecular complexity index is 775. The molecule has 0 bridgehead atoms. The van der Waals surface area contributed by atoms with E-state index in [4.69, 9.17) is 0 Å². The van der Waals surface area contributed by atoms with E-state index in [1.807, 2.05) is 42.0 Å². The first-order valence-electron chi connectivity index (χ1n) is 6.26. The number of hydrogen-bond acceptors (Lipinski definition) is 3. The monoisotopic (exact) mass is 345 g/mol. The van der Waals surface area contributed by atoms with Crippen molar-refractivity contribution in [2.24, 2.45) is 0 Å². The lowest BCUT2D eigenvalue weighted by Gasteiger charge is -2.07. The molecule has 2 aromatic heterocycles. The van der Waals surface area contributed by atoms with Gasteiger partial charge in [-0.15, -0.1) is 0 Å². The van der Waals surface area contributed by atoms with Gasteiger partial charge in [-0.05, 0) is 47.1 Å². The highest BCUT2D eigenvalue weighted by Gasteiger charge is 2.12. The average molecular weight is 346 g/mol. The van der Waals surface area contributed by atoms with Crippen molar-refractivity contribution in [2.75, 3.05) is 5.32 Å². The molecule has 1 aromatic carbocycles. The van der Waals surface area contributed by atoms with Crippen LogP contribution in [0.2, 0.25) is 0 Å². The minimum absolute atomic E-state index is 0.245. The second-order valence-corrected chi connectivity index (χ2v) is 5.29. The number of aryl methyl sites for hydroxylation is 1. The van der Waals surface area contributed by atoms with E-state index in [1.54, 1.807) is 12.4 Å². The van der Waals surface area contributed by atoms with E-state index in [0.29, 0.717) is 15.9 Å². The number of aromatic amines is 1. The van der Waals surface area contributed by atoms with Crippen LogP contribution in [0.25, 0.3) is 5.69 Å². The van der Waals surface area contributed by atoms with Gasteiger partial charge in [0.1, 0.15) is 11.5 Å². The Morgan fingerprint density at radius 2 is 2.10 bits per heavy atom. The molecule has 2 heterocycles. The van der Waals surface area contributed by atoms with Crippen molar-refractivity contribution in [3.8, 4) is 5.69 Å². The Labute approximate surface area is 129 Å². The molecule has 106 valence electrons. The van der Waals surface area contributed by atoms with Crippen molar-refractivity contribution >= 4 is 27.5 Å². The van der Waals surface area contributed by atoms with E-state index in [1.165, 1.54) is 0 Å². The Morgan fingerprint density at radius 3 is 2.67 bits per heavy atom. The zero-order valence-corrected chi connectivity index (χ0v) is 12.8. The number of hydrogen-bond donors (Lipinski definition) is 2. The molecule has 0 aliphatic carbocycles. The second kappa shape index (κ2) is 5.53. The first-order chi connectivity index (χ1) is 10.1. The number of anilines is 1. The predicted octanol–water partition coefficient (Wildman–Crippen LogP) is 2.92. The van der Waals surface area contributed by atoms with Crippen LogP contribution in [0.3, 0.4) is 0 Å². The predicted molar refractivity (Wildman–Crippen MR) is 82.5 cm³/mol. The fourth-order valence-corrected chi connectivity index (χ4v) is 2.35. The lowest BCUT2D eigenvalue weighted by atomic mass is 10.2. The molecular weight excluding hydrogens is 334 g/mol. The maximum absolute atomic E-state index is 12.0. The molecule has 3 aromatic rings. The molecule has 21 heavy (non-hydrogen) atoms. The SMILES string of the molecule is Cc1nccn1-c1ccc(NC(=O)c2[nH]ncc2Br)cc1. The summed E-state index contributed by atoms with van der Waals surface area (Å²) in [6.07, 6.45) is 5.19. The van der Waals surface area contributed by atoms with Gasteiger partial charge in [0, 0.05) is 23.8 Å². The topological polar surface area (TPSA) is 75.6 Å². The maximum atomic E-state index is 12.0. The molecule has 0 spiro atoms. The number of H-pyrrole nitrogens is 1. The lowest BCUT2D eigenvalue weighted by molar-refractivity contribution is 0.102. The van der Waals surface area contributed by atoms with E-state index < -0.39 is 0 Å². The Hall–Kier alpha value is -2.41. The smallest absolute Gasteiger partial charge is 0.274 e. The van der Waals surface area contributed by atoms with Crippen LogP contribution in [0.15, 0.2) is 47.3 Å². The minimum atomic E-state index is -0.245. The first kappa shape index (κ1) is 13.6. The number of rotatable bonds is 3. The van der Waals surface area contributed by atoms with Gasteiger partial charge in [-0.3, -0.25) is 9.89 Å². The summed E-state index contributed by atoms with van der Waals surface area (Å²) in [5, 5.41) is 9.25. The molecule has 0 fully saturated rings. The summed E-state index contributed by atoms with van der Waals surface area (Å²) >= 11 is 3.26. The molecule has 0 saturated carbocycles. The van der Waals surface area contributed by atoms with E-state index in [9.17, 15) is 4.79 Å². The van der Waals surface area contributed by atoms with Gasteiger partial charge < -0.3 is 9.88 Å². The van der Waals surface area contributed by atoms with Crippen LogP contribution in [-0.2, 0) is 0 Å². The standard InChI is InChI=1S/C14H12BrN5O/c1-9-16-6-7-20(9)11-4-2-10(3-5-11)18-14(21)13-12(15)8-17-19-13/h2-8H,1H3,(H,17,19)(H,18,21). The number of imidazole rings is 1. The summed E-state index contributed by atoms with van der Waals surface area (Å²) < 4.78 is 2.60. The normalized spacial score (nSPS) is 10.6. The van der Waals surface area contributed by atoms with Crippen molar-refractivity contribution in [1.29, 1.82) is 0 Å². The molecule has 0 saturated heterocycles. The van der Waals surface area contributed by atoms with Crippen LogP contribution < -0.4 is 5.32 Å². The average Bonchev–Trinajstić information content (AvgIpc) is 3.08. The number of halogens is 1. The van der Waals surface area contributed by atoms with E-state index in [0.717, 1.165) is 11.5 Å². The molecule has 0 unspecified atom stereocenters. The van der Waals surface area contributed by atoms with Gasteiger partial charge in [-0.1, -0.05) is 0 Å². The van der Waals surface area contributed by atoms with Crippen LogP contribution in [0.1, 0.15) is 16.3 Å². The third-order valence-electron chi connectivity index (χ3n) is 3.05. The summed E-state index contributed by atoms with van der Waals surface area (Å²) in [4.78, 5) is 16.2. The van der Waals surface area contributed by atoms with E-state index >= 15 is 0 Å². The van der Waals surface area contributed by atoms with Crippen molar-refractivity contribution in [1.82, 2.24) is 19.7 Å². The van der Waals surface area contributed by atoms with Crippen LogP contribution in [0.4, 0.5) is 5.69 Å². The summed E-state index contributed by atoms with van der Waals surface area (Å²) in [5.74, 6) is 0.666. The number of benzene rings is 1. The Kier molecular flexibility index (Phi) is 3.57. The van der Waals surface area contributed by atoms with Crippen LogP contribution in [0, 0.1) is 6.92 Å². The molecule has 6 nitrogen and oxygen atoms in total. The molecule has 0 aliphatic rings. The number of nitrogens with zero attached hydrogens (tertiary/aromatic N) is 3. The molecule has 0 atom stereocenters. The van der Waals surface area contributed by atoms with Crippen LogP contribution in [0.5, 0.6) is 0 Å². The highest BCUT2D eigenvalue weighted by Crippen LogP contribution is 2.17. The van der Waals surface area contributed by atoms with Crippen LogP contribution >= 0.6 is 15.9 Å². The van der Waals surface area contributed by atoms with Crippen molar-refractivity contribution in [2.45, 2.75) is 6.92 Å². The van der Waals surface area contributed by atoms with Gasteiger partial charge >= 0.3 is 0 Å². The number of amides is 1. The van der Waals surface area contributed by atoms with E-state index in [2.05, 4.69) is 36.4 Å². The third kappa shape index (κ3) is 2.73. The Morgan fingerprint density at radius 1 is 1.33 bits per heavy atom. The van der Waals surface area contributed by atoms with Gasteiger partial charge in [0.15, 0.2) is 0 Å². The number of nitrogens with one attached hydrogen (secondary N) is 2. The zero-order valence-electron chi connectivity index (χ0n) is 11.2. The summed E-state index contributed by atoms with van der Waals surface area (Å²) in [5.41, 5.74) is 2.10. The van der Waals surface area contributed by atoms with Crippen molar-refractivity contribution in [3.05, 3.63) is 58.8 Å². The number of carbonyl (C=O) groups is 1. The third-order valence-corrected chi connectivity index (χ3v) is 3.65. The van der Waals surface area contributed by atoms with Gasteiger partial charge in [-0.25, -0.2) is 4.98 Å². The summed E-state index contributed by atoms with van der Waals surface area (Å²) in [7, 11) is 0. The quantitative estimate of drug-likeness (QED) is 0.766. The summed E-state index contributed by atoms with van der Waals surface area (Å²) in [6.45, 7) is 1.94. The molecule has 0 radical (unpaired) electrons. The summed E-state index contributed by atoms with van der Waals surface area (Å²) in [6, 6.07) is 7.53. The highest BCUT2D eigenvalue weighted by molar-refractivity contribution is 9.10. The molecule has 1 amide bonds. The minimum Gasteiger partial charge on any atom is -0.321 e. The van der Waals surface area contributed by atoms with Crippen molar-refractivity contribution < 1.29 is 4.79 Å². The molecule has 2 N–H and O–H groups in total. The van der Waals surface area contributed by atoms with Crippen LogP contribution in [-0.4, -0.2) is 25.7 Å². The molecule has 3 rings (SSSR count). The van der Waals surface area contributed by atoms with Crippen molar-refractivity contribution in [3.63, 3.8) is 0 Å². The Balaban J connectivity index is 1.78. The van der Waals surface area contributed by atoms with Gasteiger partial charge in [-0.2, -0.15) is 5.10 Å². The highest BCUT2D eigenvalue weighted by atomic mass is 79.9. The molecule has 7 heteroatoms. The van der Waals surface area contributed by atoms with E-state index in [-0.39, 0.29) is 5.91 Å². The fraction of sp³-hybridized carbons (Fsp3) is 0.0714. The molecule has 0 aliphatic heterocycles. The largest absolute Gasteiger partial charge is 0.321 e. The zero-order chi connectivity index (χ0) is 14.8.